The number of rotatable bonds is 9. The number of ether oxygens (including phenoxy) is 4. The van der Waals surface area contributed by atoms with Crippen LogP contribution in [0.4, 0.5) is 10.5 Å². The van der Waals surface area contributed by atoms with E-state index in [0.29, 0.717) is 42.5 Å². The van der Waals surface area contributed by atoms with Crippen LogP contribution in [-0.2, 0) is 20.7 Å². The number of fused-ring (bicyclic) bond motifs is 1. The van der Waals surface area contributed by atoms with E-state index < -0.39 is 30.3 Å². The Hall–Kier alpha value is -4.28. The number of nitrogens with zero attached hydrogens (tertiary/aromatic N) is 1. The Morgan fingerprint density at radius 1 is 1.21 bits per heavy atom. The summed E-state index contributed by atoms with van der Waals surface area (Å²) in [5.74, 6) is 0.0520. The van der Waals surface area contributed by atoms with E-state index in [1.165, 1.54) is 18.9 Å². The number of anilines is 1. The van der Waals surface area contributed by atoms with E-state index in [9.17, 15) is 24.3 Å². The van der Waals surface area contributed by atoms with Gasteiger partial charge in [0, 0.05) is 24.6 Å². The number of likely N-dealkylation sites (tertiary alicyclic amines) is 1. The fourth-order valence-electron chi connectivity index (χ4n) is 4.61. The first kappa shape index (κ1) is 26.8. The predicted octanol–water partition coefficient (Wildman–Crippen LogP) is 3.21. The normalized spacial score (nSPS) is 19.1. The van der Waals surface area contributed by atoms with Crippen LogP contribution in [0.2, 0.25) is 0 Å². The van der Waals surface area contributed by atoms with Crippen LogP contribution in [0.1, 0.15) is 41.3 Å². The lowest BCUT2D eigenvalue weighted by atomic mass is 10.0. The number of carbonyl (C=O) groups is 4. The highest BCUT2D eigenvalue weighted by Gasteiger charge is 2.37. The van der Waals surface area contributed by atoms with E-state index in [1.54, 1.807) is 25.1 Å². The number of esters is 1. The molecule has 2 aliphatic heterocycles. The molecule has 11 nitrogen and oxygen atoms in total. The smallest absolute Gasteiger partial charge is 0.407 e. The van der Waals surface area contributed by atoms with Gasteiger partial charge >= 0.3 is 12.1 Å². The van der Waals surface area contributed by atoms with Gasteiger partial charge in [-0.1, -0.05) is 6.07 Å². The first-order valence-corrected chi connectivity index (χ1v) is 12.2. The molecule has 2 heterocycles. The molecule has 202 valence electrons. The van der Waals surface area contributed by atoms with Crippen molar-refractivity contribution in [1.29, 1.82) is 0 Å². The number of benzene rings is 2. The minimum atomic E-state index is -1.12. The topological polar surface area (TPSA) is 141 Å². The number of nitrogens with one attached hydrogen (secondary N) is 1. The number of hydrogen-bond acceptors (Lipinski definition) is 8. The van der Waals surface area contributed by atoms with Gasteiger partial charge in [0.05, 0.1) is 19.7 Å². The highest BCUT2D eigenvalue weighted by Crippen LogP contribution is 2.34. The van der Waals surface area contributed by atoms with Crippen LogP contribution < -0.4 is 19.5 Å². The molecule has 0 saturated carbocycles. The fourth-order valence-corrected chi connectivity index (χ4v) is 4.61. The average Bonchev–Trinajstić information content (AvgIpc) is 3.29. The van der Waals surface area contributed by atoms with Crippen LogP contribution in [0, 0.1) is 6.92 Å². The van der Waals surface area contributed by atoms with Gasteiger partial charge in [-0.2, -0.15) is 0 Å². The van der Waals surface area contributed by atoms with Crippen LogP contribution in [0.15, 0.2) is 30.3 Å². The summed E-state index contributed by atoms with van der Waals surface area (Å²) in [6.45, 7) is 3.38. The molecule has 2 amide bonds. The van der Waals surface area contributed by atoms with Crippen molar-refractivity contribution in [2.75, 3.05) is 25.6 Å². The van der Waals surface area contributed by atoms with Gasteiger partial charge in [0.15, 0.2) is 12.4 Å². The van der Waals surface area contributed by atoms with Crippen molar-refractivity contribution < 1.29 is 43.2 Å². The Labute approximate surface area is 219 Å². The number of aldehydes is 1. The number of methoxy groups -OCH3 is 1. The number of amides is 2. The third-order valence-electron chi connectivity index (χ3n) is 6.44. The molecule has 0 aliphatic carbocycles. The molecular weight excluding hydrogens is 496 g/mol. The largest absolute Gasteiger partial charge is 0.490 e. The van der Waals surface area contributed by atoms with E-state index in [1.807, 2.05) is 12.1 Å². The maximum atomic E-state index is 12.6. The standard InChI is InChI=1S/C27H30N2O9/c1-15-8-22(25(26(32)35-3)23(9-15)37-16(2)13-30)36-14-18-10-20(12-29(18)27(33)34)38-19-6-4-17-5-7-24(31)28-21(17)11-19/h4,6,8-9,11,13,16,18,20H,5,7,10,12,14H2,1-3H3,(H,28,31)(H,33,34)/t16?,18-,20+/m1/s1. The molecule has 38 heavy (non-hydrogen) atoms. The Bertz CT molecular complexity index is 1250. The van der Waals surface area contributed by atoms with Crippen molar-refractivity contribution in [3.8, 4) is 17.2 Å². The van der Waals surface area contributed by atoms with Crippen LogP contribution in [0.3, 0.4) is 0 Å². The minimum Gasteiger partial charge on any atom is -0.490 e. The van der Waals surface area contributed by atoms with Crippen LogP contribution in [-0.4, -0.2) is 72.8 Å². The maximum absolute atomic E-state index is 12.6. The molecule has 0 bridgehead atoms. The fraction of sp³-hybridized carbons (Fsp3) is 0.407. The summed E-state index contributed by atoms with van der Waals surface area (Å²) in [6.07, 6.45) is -0.326. The monoisotopic (exact) mass is 526 g/mol. The summed E-state index contributed by atoms with van der Waals surface area (Å²) in [6, 6.07) is 8.12. The lowest BCUT2D eigenvalue weighted by Crippen LogP contribution is -2.38. The average molecular weight is 527 g/mol. The van der Waals surface area contributed by atoms with Crippen LogP contribution >= 0.6 is 0 Å². The van der Waals surface area contributed by atoms with Gasteiger partial charge in [0.1, 0.15) is 35.5 Å². The van der Waals surface area contributed by atoms with Crippen molar-refractivity contribution in [3.05, 3.63) is 47.0 Å². The summed E-state index contributed by atoms with van der Waals surface area (Å²) in [5, 5.41) is 12.6. The van der Waals surface area contributed by atoms with Crippen LogP contribution in [0.25, 0.3) is 0 Å². The van der Waals surface area contributed by atoms with Crippen molar-refractivity contribution >= 4 is 29.9 Å². The van der Waals surface area contributed by atoms with Crippen molar-refractivity contribution in [2.45, 2.75) is 51.4 Å². The molecule has 0 spiro atoms. The predicted molar refractivity (Wildman–Crippen MR) is 135 cm³/mol. The molecular formula is C27H30N2O9. The molecule has 11 heteroatoms. The van der Waals surface area contributed by atoms with Gasteiger partial charge in [0.2, 0.25) is 5.91 Å². The lowest BCUT2D eigenvalue weighted by molar-refractivity contribution is -0.116. The molecule has 3 atom stereocenters. The van der Waals surface area contributed by atoms with Crippen molar-refractivity contribution in [2.24, 2.45) is 0 Å². The SMILES string of the molecule is COC(=O)c1c(OC[C@H]2C[C@H](Oc3ccc4c(c3)NC(=O)CC4)CN2C(=O)O)cc(C)cc1OC(C)C=O. The molecule has 1 unspecified atom stereocenters. The molecule has 2 aromatic rings. The van der Waals surface area contributed by atoms with Crippen LogP contribution in [0.5, 0.6) is 17.2 Å². The van der Waals surface area contributed by atoms with E-state index in [-0.39, 0.29) is 36.1 Å². The molecule has 2 aliphatic rings. The van der Waals surface area contributed by atoms with E-state index in [0.717, 1.165) is 5.56 Å². The first-order valence-electron chi connectivity index (χ1n) is 12.2. The summed E-state index contributed by atoms with van der Waals surface area (Å²) in [5.41, 5.74) is 2.44. The minimum absolute atomic E-state index is 0.00979. The second-order valence-electron chi connectivity index (χ2n) is 9.33. The number of hydrogen-bond donors (Lipinski definition) is 2. The second kappa shape index (κ2) is 11.4. The lowest BCUT2D eigenvalue weighted by Gasteiger charge is -2.22. The van der Waals surface area contributed by atoms with Gasteiger partial charge in [-0.3, -0.25) is 14.5 Å². The summed E-state index contributed by atoms with van der Waals surface area (Å²) < 4.78 is 22.5. The molecule has 2 N–H and O–H groups in total. The van der Waals surface area contributed by atoms with E-state index in [4.69, 9.17) is 18.9 Å². The van der Waals surface area contributed by atoms with Crippen molar-refractivity contribution in [1.82, 2.24) is 4.90 Å². The zero-order valence-corrected chi connectivity index (χ0v) is 21.4. The van der Waals surface area contributed by atoms with E-state index in [2.05, 4.69) is 5.32 Å². The quantitative estimate of drug-likeness (QED) is 0.372. The van der Waals surface area contributed by atoms with Gasteiger partial charge in [0.25, 0.3) is 0 Å². The molecule has 4 rings (SSSR count). The molecule has 0 radical (unpaired) electrons. The van der Waals surface area contributed by atoms with Crippen molar-refractivity contribution in [3.63, 3.8) is 0 Å². The molecule has 1 fully saturated rings. The van der Waals surface area contributed by atoms with Gasteiger partial charge in [-0.15, -0.1) is 0 Å². The van der Waals surface area contributed by atoms with Gasteiger partial charge in [-0.25, -0.2) is 9.59 Å². The highest BCUT2D eigenvalue weighted by atomic mass is 16.5. The van der Waals surface area contributed by atoms with E-state index >= 15 is 0 Å². The number of carboxylic acid groups (broad SMARTS) is 1. The number of aryl methyl sites for hydroxylation is 2. The molecule has 0 aromatic heterocycles. The Kier molecular flexibility index (Phi) is 8.04. The maximum Gasteiger partial charge on any atom is 0.407 e. The third-order valence-corrected chi connectivity index (χ3v) is 6.44. The summed E-state index contributed by atoms with van der Waals surface area (Å²) >= 11 is 0. The molecule has 2 aromatic carbocycles. The van der Waals surface area contributed by atoms with Gasteiger partial charge in [-0.05, 0) is 49.6 Å². The second-order valence-corrected chi connectivity index (χ2v) is 9.33. The Morgan fingerprint density at radius 2 is 1.97 bits per heavy atom. The zero-order valence-electron chi connectivity index (χ0n) is 21.4. The Balaban J connectivity index is 1.50. The third kappa shape index (κ3) is 5.99. The Morgan fingerprint density at radius 3 is 2.68 bits per heavy atom. The zero-order chi connectivity index (χ0) is 27.4. The first-order chi connectivity index (χ1) is 18.2. The summed E-state index contributed by atoms with van der Waals surface area (Å²) in [7, 11) is 1.22. The highest BCUT2D eigenvalue weighted by molar-refractivity contribution is 5.96. The summed E-state index contributed by atoms with van der Waals surface area (Å²) in [4.78, 5) is 48.6. The number of carbonyl (C=O) groups excluding carboxylic acids is 3. The molecule has 1 saturated heterocycles. The van der Waals surface area contributed by atoms with Gasteiger partial charge < -0.3 is 29.4 Å².